The van der Waals surface area contributed by atoms with Crippen LogP contribution in [0.3, 0.4) is 0 Å². The molecule has 2 heteroatoms. The molecule has 84 valence electrons. The molecular formula is C14H17NS. The molecule has 1 atom stereocenters. The number of hydrogen-bond acceptors (Lipinski definition) is 2. The predicted molar refractivity (Wildman–Crippen MR) is 70.8 cm³/mol. The molecule has 0 radical (unpaired) electrons. The average Bonchev–Trinajstić information content (AvgIpc) is 2.81. The van der Waals surface area contributed by atoms with E-state index in [9.17, 15) is 0 Å². The van der Waals surface area contributed by atoms with E-state index in [0.29, 0.717) is 6.04 Å². The molecule has 0 unspecified atom stereocenters. The Balaban J connectivity index is 1.90. The van der Waals surface area contributed by atoms with Gasteiger partial charge in [0, 0.05) is 17.5 Å². The molecule has 1 aromatic carbocycles. The molecule has 0 saturated heterocycles. The summed E-state index contributed by atoms with van der Waals surface area (Å²) in [4.78, 5) is 1.40. The maximum Gasteiger partial charge on any atom is 0.0388 e. The maximum atomic E-state index is 3.53. The highest BCUT2D eigenvalue weighted by Gasteiger charge is 2.04. The fourth-order valence-electron chi connectivity index (χ4n) is 1.62. The minimum atomic E-state index is 0.432. The van der Waals surface area contributed by atoms with Crippen molar-refractivity contribution < 1.29 is 0 Å². The molecule has 0 bridgehead atoms. The Bertz CT molecular complexity index is 417. The molecule has 0 saturated carbocycles. The van der Waals surface area contributed by atoms with Gasteiger partial charge in [0.1, 0.15) is 0 Å². The molecule has 0 aliphatic carbocycles. The van der Waals surface area contributed by atoms with E-state index in [0.717, 1.165) is 6.54 Å². The lowest BCUT2D eigenvalue weighted by Gasteiger charge is -2.12. The molecule has 16 heavy (non-hydrogen) atoms. The van der Waals surface area contributed by atoms with Crippen molar-refractivity contribution in [2.75, 3.05) is 0 Å². The summed E-state index contributed by atoms with van der Waals surface area (Å²) in [6.45, 7) is 5.25. The molecule has 1 aromatic heterocycles. The van der Waals surface area contributed by atoms with Gasteiger partial charge < -0.3 is 5.32 Å². The molecule has 0 fully saturated rings. The van der Waals surface area contributed by atoms with Crippen molar-refractivity contribution >= 4 is 11.3 Å². The molecule has 0 aliphatic heterocycles. The monoisotopic (exact) mass is 231 g/mol. The minimum absolute atomic E-state index is 0.432. The Hall–Kier alpha value is -1.12. The quantitative estimate of drug-likeness (QED) is 0.841. The second kappa shape index (κ2) is 5.28. The van der Waals surface area contributed by atoms with Gasteiger partial charge >= 0.3 is 0 Å². The van der Waals surface area contributed by atoms with Crippen LogP contribution in [0.25, 0.3) is 0 Å². The summed E-state index contributed by atoms with van der Waals surface area (Å²) >= 11 is 1.81. The van der Waals surface area contributed by atoms with Crippen LogP contribution in [-0.4, -0.2) is 0 Å². The number of benzene rings is 1. The maximum absolute atomic E-state index is 3.53. The minimum Gasteiger partial charge on any atom is -0.305 e. The van der Waals surface area contributed by atoms with Crippen molar-refractivity contribution in [2.45, 2.75) is 26.4 Å². The van der Waals surface area contributed by atoms with Crippen molar-refractivity contribution in [1.29, 1.82) is 0 Å². The Morgan fingerprint density at radius 3 is 2.56 bits per heavy atom. The van der Waals surface area contributed by atoms with Gasteiger partial charge in [0.15, 0.2) is 0 Å². The average molecular weight is 231 g/mol. The first-order chi connectivity index (χ1) is 7.75. The van der Waals surface area contributed by atoms with Crippen molar-refractivity contribution in [3.05, 3.63) is 57.8 Å². The summed E-state index contributed by atoms with van der Waals surface area (Å²) < 4.78 is 0. The van der Waals surface area contributed by atoms with Gasteiger partial charge in [-0.25, -0.2) is 0 Å². The van der Waals surface area contributed by atoms with Crippen molar-refractivity contribution in [1.82, 2.24) is 5.32 Å². The third-order valence-corrected chi connectivity index (χ3v) is 3.76. The zero-order valence-corrected chi connectivity index (χ0v) is 10.6. The summed E-state index contributed by atoms with van der Waals surface area (Å²) in [7, 11) is 0. The SMILES string of the molecule is Cc1ccc(CN[C@H](C)c2cccs2)cc1. The number of nitrogens with one attached hydrogen (secondary N) is 1. The Labute approximate surface area is 101 Å². The van der Waals surface area contributed by atoms with Crippen LogP contribution in [0.15, 0.2) is 41.8 Å². The third-order valence-electron chi connectivity index (χ3n) is 2.70. The van der Waals surface area contributed by atoms with Crippen LogP contribution in [0.1, 0.15) is 29.0 Å². The van der Waals surface area contributed by atoms with Gasteiger partial charge in [-0.05, 0) is 30.9 Å². The lowest BCUT2D eigenvalue weighted by molar-refractivity contribution is 0.583. The number of thiophene rings is 1. The summed E-state index contributed by atoms with van der Waals surface area (Å²) in [5.74, 6) is 0. The predicted octanol–water partition coefficient (Wildman–Crippen LogP) is 3.91. The smallest absolute Gasteiger partial charge is 0.0388 e. The van der Waals surface area contributed by atoms with Gasteiger partial charge in [-0.15, -0.1) is 11.3 Å². The van der Waals surface area contributed by atoms with Crippen LogP contribution in [0.5, 0.6) is 0 Å². The first-order valence-corrected chi connectivity index (χ1v) is 6.46. The van der Waals surface area contributed by atoms with Gasteiger partial charge in [-0.2, -0.15) is 0 Å². The number of aryl methyl sites for hydroxylation is 1. The van der Waals surface area contributed by atoms with Gasteiger partial charge in [0.25, 0.3) is 0 Å². The number of rotatable bonds is 4. The first kappa shape index (κ1) is 11.4. The topological polar surface area (TPSA) is 12.0 Å². The second-order valence-electron chi connectivity index (χ2n) is 4.10. The van der Waals surface area contributed by atoms with E-state index in [4.69, 9.17) is 0 Å². The summed E-state index contributed by atoms with van der Waals surface area (Å²) in [6, 6.07) is 13.4. The van der Waals surface area contributed by atoms with Gasteiger partial charge in [0.2, 0.25) is 0 Å². The molecule has 1 N–H and O–H groups in total. The Kier molecular flexibility index (Phi) is 3.75. The van der Waals surface area contributed by atoms with Gasteiger partial charge in [-0.1, -0.05) is 35.9 Å². The zero-order valence-electron chi connectivity index (χ0n) is 9.73. The van der Waals surface area contributed by atoms with E-state index in [-0.39, 0.29) is 0 Å². The fourth-order valence-corrected chi connectivity index (χ4v) is 2.37. The fraction of sp³-hybridized carbons (Fsp3) is 0.286. The Morgan fingerprint density at radius 1 is 1.19 bits per heavy atom. The van der Waals surface area contributed by atoms with E-state index in [2.05, 4.69) is 60.9 Å². The van der Waals surface area contributed by atoms with Crippen LogP contribution in [0.2, 0.25) is 0 Å². The van der Waals surface area contributed by atoms with E-state index >= 15 is 0 Å². The highest BCUT2D eigenvalue weighted by Crippen LogP contribution is 2.18. The van der Waals surface area contributed by atoms with Crippen LogP contribution in [-0.2, 0) is 6.54 Å². The van der Waals surface area contributed by atoms with Crippen LogP contribution < -0.4 is 5.32 Å². The van der Waals surface area contributed by atoms with E-state index < -0.39 is 0 Å². The third kappa shape index (κ3) is 2.94. The van der Waals surface area contributed by atoms with E-state index in [1.54, 1.807) is 11.3 Å². The molecule has 2 aromatic rings. The van der Waals surface area contributed by atoms with Crippen LogP contribution in [0, 0.1) is 6.92 Å². The highest BCUT2D eigenvalue weighted by molar-refractivity contribution is 7.10. The van der Waals surface area contributed by atoms with Crippen molar-refractivity contribution in [2.24, 2.45) is 0 Å². The highest BCUT2D eigenvalue weighted by atomic mass is 32.1. The summed E-state index contributed by atoms with van der Waals surface area (Å²) in [6.07, 6.45) is 0. The lowest BCUT2D eigenvalue weighted by atomic mass is 10.1. The molecular weight excluding hydrogens is 214 g/mol. The molecule has 2 rings (SSSR count). The normalized spacial score (nSPS) is 12.6. The van der Waals surface area contributed by atoms with Crippen LogP contribution >= 0.6 is 11.3 Å². The summed E-state index contributed by atoms with van der Waals surface area (Å²) in [5.41, 5.74) is 2.66. The molecule has 1 nitrogen and oxygen atoms in total. The number of hydrogen-bond donors (Lipinski definition) is 1. The van der Waals surface area contributed by atoms with E-state index in [1.807, 2.05) is 0 Å². The summed E-state index contributed by atoms with van der Waals surface area (Å²) in [5, 5.41) is 5.66. The van der Waals surface area contributed by atoms with Gasteiger partial charge in [0.05, 0.1) is 0 Å². The molecule has 0 amide bonds. The molecule has 1 heterocycles. The van der Waals surface area contributed by atoms with E-state index in [1.165, 1.54) is 16.0 Å². The zero-order chi connectivity index (χ0) is 11.4. The molecule has 0 aliphatic rings. The van der Waals surface area contributed by atoms with Crippen LogP contribution in [0.4, 0.5) is 0 Å². The second-order valence-corrected chi connectivity index (χ2v) is 5.08. The molecule has 0 spiro atoms. The Morgan fingerprint density at radius 2 is 1.94 bits per heavy atom. The van der Waals surface area contributed by atoms with Gasteiger partial charge in [-0.3, -0.25) is 0 Å². The van der Waals surface area contributed by atoms with Crippen molar-refractivity contribution in [3.63, 3.8) is 0 Å². The largest absolute Gasteiger partial charge is 0.305 e. The lowest BCUT2D eigenvalue weighted by Crippen LogP contribution is -2.16. The standard InChI is InChI=1S/C14H17NS/c1-11-5-7-13(8-6-11)10-15-12(2)14-4-3-9-16-14/h3-9,12,15H,10H2,1-2H3/t12-/m1/s1. The van der Waals surface area contributed by atoms with Crippen molar-refractivity contribution in [3.8, 4) is 0 Å². The first-order valence-electron chi connectivity index (χ1n) is 5.58.